The van der Waals surface area contributed by atoms with Crippen molar-refractivity contribution >= 4 is 21.6 Å². The zero-order chi connectivity index (χ0) is 14.5. The fourth-order valence-corrected chi connectivity index (χ4v) is 2.21. The number of nitrogens with two attached hydrogens (primary N) is 1. The Morgan fingerprint density at radius 3 is 2.40 bits per heavy atom. The number of methoxy groups -OCH3 is 2. The van der Waals surface area contributed by atoms with Crippen LogP contribution in [0, 0.1) is 0 Å². The Labute approximate surface area is 126 Å². The van der Waals surface area contributed by atoms with Gasteiger partial charge in [-0.05, 0) is 30.3 Å². The molecule has 0 radical (unpaired) electrons. The molecule has 2 rings (SSSR count). The van der Waals surface area contributed by atoms with Gasteiger partial charge in [0.05, 0.1) is 19.9 Å². The van der Waals surface area contributed by atoms with Crippen molar-refractivity contribution < 1.29 is 14.2 Å². The predicted molar refractivity (Wildman–Crippen MR) is 82.4 cm³/mol. The highest BCUT2D eigenvalue weighted by Crippen LogP contribution is 2.29. The van der Waals surface area contributed by atoms with Crippen molar-refractivity contribution in [3.63, 3.8) is 0 Å². The molecule has 0 amide bonds. The molecule has 5 heteroatoms. The molecule has 0 spiro atoms. The summed E-state index contributed by atoms with van der Waals surface area (Å²) in [5.41, 5.74) is 7.40. The number of ether oxygens (including phenoxy) is 3. The van der Waals surface area contributed by atoms with Crippen molar-refractivity contribution in [3.05, 3.63) is 46.4 Å². The van der Waals surface area contributed by atoms with Crippen LogP contribution in [0.25, 0.3) is 0 Å². The molecule has 0 atom stereocenters. The highest BCUT2D eigenvalue weighted by molar-refractivity contribution is 9.10. The van der Waals surface area contributed by atoms with Gasteiger partial charge in [0.1, 0.15) is 23.9 Å². The number of halogens is 1. The highest BCUT2D eigenvalue weighted by Gasteiger charge is 2.07. The van der Waals surface area contributed by atoms with Crippen molar-refractivity contribution in [2.45, 2.75) is 6.61 Å². The van der Waals surface area contributed by atoms with Crippen LogP contribution in [0.5, 0.6) is 17.2 Å². The summed E-state index contributed by atoms with van der Waals surface area (Å²) >= 11 is 3.43. The molecule has 0 unspecified atom stereocenters. The number of rotatable bonds is 5. The van der Waals surface area contributed by atoms with Crippen LogP contribution in [-0.4, -0.2) is 14.2 Å². The maximum absolute atomic E-state index is 5.92. The lowest BCUT2D eigenvalue weighted by Crippen LogP contribution is -2.01. The van der Waals surface area contributed by atoms with Crippen LogP contribution < -0.4 is 19.9 Å². The third-order valence-electron chi connectivity index (χ3n) is 2.84. The third kappa shape index (κ3) is 3.36. The number of anilines is 1. The zero-order valence-corrected chi connectivity index (χ0v) is 12.9. The van der Waals surface area contributed by atoms with E-state index in [0.717, 1.165) is 15.8 Å². The molecule has 0 aromatic heterocycles. The molecular weight excluding hydrogens is 322 g/mol. The minimum atomic E-state index is 0.374. The largest absolute Gasteiger partial charge is 0.497 e. The SMILES string of the molecule is COc1ccc(OCc2cc(Br)ccc2OC)c(N)c1. The molecule has 0 saturated carbocycles. The second kappa shape index (κ2) is 6.52. The second-order valence-electron chi connectivity index (χ2n) is 4.15. The van der Waals surface area contributed by atoms with E-state index in [4.69, 9.17) is 19.9 Å². The Bertz CT molecular complexity index is 602. The van der Waals surface area contributed by atoms with Gasteiger partial charge in [-0.15, -0.1) is 0 Å². The molecule has 0 aliphatic heterocycles. The van der Waals surface area contributed by atoms with Gasteiger partial charge in [0.25, 0.3) is 0 Å². The third-order valence-corrected chi connectivity index (χ3v) is 3.34. The number of hydrogen-bond donors (Lipinski definition) is 1. The van der Waals surface area contributed by atoms with E-state index in [1.165, 1.54) is 0 Å². The van der Waals surface area contributed by atoms with Gasteiger partial charge in [0.15, 0.2) is 0 Å². The molecule has 0 saturated heterocycles. The smallest absolute Gasteiger partial charge is 0.142 e. The van der Waals surface area contributed by atoms with Crippen LogP contribution in [0.2, 0.25) is 0 Å². The molecule has 2 aromatic rings. The molecule has 0 aliphatic carbocycles. The minimum absolute atomic E-state index is 0.374. The molecule has 2 N–H and O–H groups in total. The van der Waals surface area contributed by atoms with E-state index >= 15 is 0 Å². The fourth-order valence-electron chi connectivity index (χ4n) is 1.80. The molecule has 4 nitrogen and oxygen atoms in total. The van der Waals surface area contributed by atoms with Gasteiger partial charge in [0.2, 0.25) is 0 Å². The minimum Gasteiger partial charge on any atom is -0.497 e. The Hall–Kier alpha value is -1.88. The molecule has 0 aliphatic rings. The van der Waals surface area contributed by atoms with Crippen molar-refractivity contribution in [2.75, 3.05) is 20.0 Å². The monoisotopic (exact) mass is 337 g/mol. The van der Waals surface area contributed by atoms with E-state index in [1.807, 2.05) is 24.3 Å². The number of nitrogen functional groups attached to an aromatic ring is 1. The Morgan fingerprint density at radius 2 is 1.75 bits per heavy atom. The summed E-state index contributed by atoms with van der Waals surface area (Å²) in [5.74, 6) is 2.10. The normalized spacial score (nSPS) is 10.2. The molecule has 0 heterocycles. The number of benzene rings is 2. The number of hydrogen-bond acceptors (Lipinski definition) is 4. The topological polar surface area (TPSA) is 53.7 Å². The van der Waals surface area contributed by atoms with E-state index in [1.54, 1.807) is 26.4 Å². The van der Waals surface area contributed by atoms with Crippen LogP contribution in [0.1, 0.15) is 5.56 Å². The first-order chi connectivity index (χ1) is 9.63. The summed E-state index contributed by atoms with van der Waals surface area (Å²) in [7, 11) is 3.23. The van der Waals surface area contributed by atoms with E-state index in [9.17, 15) is 0 Å². The molecule has 106 valence electrons. The van der Waals surface area contributed by atoms with Crippen molar-refractivity contribution in [1.82, 2.24) is 0 Å². The average molecular weight is 338 g/mol. The van der Waals surface area contributed by atoms with Crippen molar-refractivity contribution in [2.24, 2.45) is 0 Å². The quantitative estimate of drug-likeness (QED) is 0.846. The zero-order valence-electron chi connectivity index (χ0n) is 11.4. The molecular formula is C15H16BrNO3. The van der Waals surface area contributed by atoms with Crippen LogP contribution in [0.3, 0.4) is 0 Å². The average Bonchev–Trinajstić information content (AvgIpc) is 2.46. The maximum atomic E-state index is 5.92. The van der Waals surface area contributed by atoms with E-state index in [-0.39, 0.29) is 0 Å². The lowest BCUT2D eigenvalue weighted by Gasteiger charge is -2.12. The van der Waals surface area contributed by atoms with Gasteiger partial charge in [-0.25, -0.2) is 0 Å². The molecule has 0 bridgehead atoms. The Balaban J connectivity index is 2.14. The Morgan fingerprint density at radius 1 is 1.00 bits per heavy atom. The summed E-state index contributed by atoms with van der Waals surface area (Å²) in [6, 6.07) is 11.1. The van der Waals surface area contributed by atoms with Gasteiger partial charge in [-0.2, -0.15) is 0 Å². The van der Waals surface area contributed by atoms with Crippen LogP contribution in [0.4, 0.5) is 5.69 Å². The summed E-state index contributed by atoms with van der Waals surface area (Å²) < 4.78 is 17.1. The van der Waals surface area contributed by atoms with Gasteiger partial charge in [-0.3, -0.25) is 0 Å². The van der Waals surface area contributed by atoms with Crippen LogP contribution in [0.15, 0.2) is 40.9 Å². The fraction of sp³-hybridized carbons (Fsp3) is 0.200. The van der Waals surface area contributed by atoms with E-state index in [2.05, 4.69) is 15.9 Å². The molecule has 2 aromatic carbocycles. The summed E-state index contributed by atoms with van der Waals surface area (Å²) in [4.78, 5) is 0. The summed E-state index contributed by atoms with van der Waals surface area (Å²) in [6.07, 6.45) is 0. The predicted octanol–water partition coefficient (Wildman–Crippen LogP) is 3.63. The maximum Gasteiger partial charge on any atom is 0.142 e. The van der Waals surface area contributed by atoms with Crippen molar-refractivity contribution in [3.8, 4) is 17.2 Å². The van der Waals surface area contributed by atoms with Crippen LogP contribution in [-0.2, 0) is 6.61 Å². The van der Waals surface area contributed by atoms with Gasteiger partial charge >= 0.3 is 0 Å². The first kappa shape index (κ1) is 14.5. The van der Waals surface area contributed by atoms with E-state index < -0.39 is 0 Å². The second-order valence-corrected chi connectivity index (χ2v) is 5.06. The summed E-state index contributed by atoms with van der Waals surface area (Å²) in [5, 5.41) is 0. The van der Waals surface area contributed by atoms with E-state index in [0.29, 0.717) is 23.8 Å². The lowest BCUT2D eigenvalue weighted by molar-refractivity contribution is 0.297. The highest BCUT2D eigenvalue weighted by atomic mass is 79.9. The summed E-state index contributed by atoms with van der Waals surface area (Å²) in [6.45, 7) is 0.374. The first-order valence-electron chi connectivity index (χ1n) is 6.02. The van der Waals surface area contributed by atoms with Gasteiger partial charge in [0, 0.05) is 16.1 Å². The molecule has 20 heavy (non-hydrogen) atoms. The first-order valence-corrected chi connectivity index (χ1v) is 6.82. The van der Waals surface area contributed by atoms with Gasteiger partial charge in [-0.1, -0.05) is 15.9 Å². The molecule has 0 fully saturated rings. The van der Waals surface area contributed by atoms with Gasteiger partial charge < -0.3 is 19.9 Å². The lowest BCUT2D eigenvalue weighted by atomic mass is 10.2. The van der Waals surface area contributed by atoms with Crippen LogP contribution >= 0.6 is 15.9 Å². The Kier molecular flexibility index (Phi) is 4.74. The standard InChI is InChI=1S/C15H16BrNO3/c1-18-12-4-6-15(13(17)8-12)20-9-10-7-11(16)3-5-14(10)19-2/h3-8H,9,17H2,1-2H3. The van der Waals surface area contributed by atoms with Crippen molar-refractivity contribution in [1.29, 1.82) is 0 Å².